The van der Waals surface area contributed by atoms with Crippen molar-refractivity contribution in [3.05, 3.63) is 25.3 Å². The van der Waals surface area contributed by atoms with Gasteiger partial charge in [-0.2, -0.15) is 0 Å². The van der Waals surface area contributed by atoms with Gasteiger partial charge in [0.05, 0.1) is 12.2 Å². The van der Waals surface area contributed by atoms with Gasteiger partial charge in [-0.15, -0.1) is 13.2 Å². The van der Waals surface area contributed by atoms with Crippen LogP contribution in [0.2, 0.25) is 0 Å². The summed E-state index contributed by atoms with van der Waals surface area (Å²) in [6.07, 6.45) is 6.19. The zero-order valence-corrected chi connectivity index (χ0v) is 9.27. The highest BCUT2D eigenvalue weighted by Gasteiger charge is 2.13. The Morgan fingerprint density at radius 1 is 0.933 bits per heavy atom. The van der Waals surface area contributed by atoms with E-state index in [4.69, 9.17) is 14.9 Å². The molecule has 2 N–H and O–H groups in total. The third-order valence-electron chi connectivity index (χ3n) is 2.15. The van der Waals surface area contributed by atoms with E-state index in [-0.39, 0.29) is 25.4 Å². The van der Waals surface area contributed by atoms with Crippen LogP contribution in [-0.4, -0.2) is 35.6 Å². The summed E-state index contributed by atoms with van der Waals surface area (Å²) < 4.78 is 5.75. The van der Waals surface area contributed by atoms with E-state index in [1.807, 2.05) is 0 Å². The van der Waals surface area contributed by atoms with Crippen LogP contribution in [-0.2, 0) is 4.74 Å². The molecule has 0 fully saturated rings. The van der Waals surface area contributed by atoms with E-state index < -0.39 is 0 Å². The van der Waals surface area contributed by atoms with E-state index >= 15 is 0 Å². The highest BCUT2D eigenvalue weighted by atomic mass is 16.5. The zero-order chi connectivity index (χ0) is 11.5. The van der Waals surface area contributed by atoms with Gasteiger partial charge < -0.3 is 14.9 Å². The summed E-state index contributed by atoms with van der Waals surface area (Å²) in [4.78, 5) is 0. The van der Waals surface area contributed by atoms with Crippen molar-refractivity contribution >= 4 is 0 Å². The van der Waals surface area contributed by atoms with Crippen molar-refractivity contribution in [3.63, 3.8) is 0 Å². The Morgan fingerprint density at radius 3 is 1.60 bits per heavy atom. The largest absolute Gasteiger partial charge is 0.396 e. The molecule has 0 aliphatic carbocycles. The molecule has 0 saturated heterocycles. The molecule has 0 rings (SSSR count). The minimum absolute atomic E-state index is 0.0102. The van der Waals surface area contributed by atoms with Crippen molar-refractivity contribution in [2.75, 3.05) is 13.2 Å². The Balaban J connectivity index is 4.04. The maximum Gasteiger partial charge on any atom is 0.0635 e. The van der Waals surface area contributed by atoms with Crippen LogP contribution in [0.25, 0.3) is 0 Å². The van der Waals surface area contributed by atoms with Crippen LogP contribution in [0.15, 0.2) is 25.3 Å². The standard InChI is InChI=1S/C12H22O3/c1-3-5-11(7-9-13)15-12(6-4-2)8-10-14/h3-4,11-14H,1-2,5-10H2. The van der Waals surface area contributed by atoms with Gasteiger partial charge in [0.25, 0.3) is 0 Å². The average Bonchev–Trinajstić information content (AvgIpc) is 2.19. The molecule has 0 amide bonds. The second-order valence-electron chi connectivity index (χ2n) is 3.45. The molecule has 2 atom stereocenters. The first-order chi connectivity index (χ1) is 7.28. The van der Waals surface area contributed by atoms with Crippen LogP contribution in [0.3, 0.4) is 0 Å². The molecule has 0 aromatic heterocycles. The first kappa shape index (κ1) is 14.4. The number of hydrogen-bond donors (Lipinski definition) is 2. The van der Waals surface area contributed by atoms with Crippen molar-refractivity contribution < 1.29 is 14.9 Å². The van der Waals surface area contributed by atoms with E-state index in [1.165, 1.54) is 0 Å². The quantitative estimate of drug-likeness (QED) is 0.544. The molecule has 0 heterocycles. The Labute approximate surface area is 92.1 Å². The van der Waals surface area contributed by atoms with Gasteiger partial charge in [0.2, 0.25) is 0 Å². The summed E-state index contributed by atoms with van der Waals surface area (Å²) >= 11 is 0. The lowest BCUT2D eigenvalue weighted by molar-refractivity contribution is -0.0294. The van der Waals surface area contributed by atoms with Crippen LogP contribution < -0.4 is 0 Å². The summed E-state index contributed by atoms with van der Waals surface area (Å²) in [7, 11) is 0. The van der Waals surface area contributed by atoms with E-state index in [1.54, 1.807) is 12.2 Å². The summed E-state index contributed by atoms with van der Waals surface area (Å²) in [5, 5.41) is 17.7. The fourth-order valence-corrected chi connectivity index (χ4v) is 1.41. The van der Waals surface area contributed by atoms with Gasteiger partial charge in [0, 0.05) is 13.2 Å². The van der Waals surface area contributed by atoms with Gasteiger partial charge in [-0.25, -0.2) is 0 Å². The topological polar surface area (TPSA) is 49.7 Å². The SMILES string of the molecule is C=CCC(CCO)OC(CC=C)CCO. The lowest BCUT2D eigenvalue weighted by atomic mass is 10.1. The number of rotatable bonds is 10. The predicted octanol–water partition coefficient (Wildman–Crippen LogP) is 1.66. The predicted molar refractivity (Wildman–Crippen MR) is 61.7 cm³/mol. The first-order valence-electron chi connectivity index (χ1n) is 5.37. The molecular weight excluding hydrogens is 192 g/mol. The molecule has 88 valence electrons. The highest BCUT2D eigenvalue weighted by molar-refractivity contribution is 4.78. The van der Waals surface area contributed by atoms with Crippen molar-refractivity contribution in [2.24, 2.45) is 0 Å². The molecule has 0 radical (unpaired) electrons. The van der Waals surface area contributed by atoms with E-state index in [0.29, 0.717) is 12.8 Å². The van der Waals surface area contributed by atoms with Gasteiger partial charge in [0.1, 0.15) is 0 Å². The molecule has 0 bridgehead atoms. The van der Waals surface area contributed by atoms with Crippen LogP contribution in [0.1, 0.15) is 25.7 Å². The molecule has 0 aliphatic heterocycles. The molecule has 0 spiro atoms. The third-order valence-corrected chi connectivity index (χ3v) is 2.15. The van der Waals surface area contributed by atoms with Crippen molar-refractivity contribution in [2.45, 2.75) is 37.9 Å². The monoisotopic (exact) mass is 214 g/mol. The Hall–Kier alpha value is -0.640. The molecule has 0 aliphatic rings. The smallest absolute Gasteiger partial charge is 0.0635 e. The summed E-state index contributed by atoms with van der Waals surface area (Å²) in [6.45, 7) is 7.52. The molecule has 3 nitrogen and oxygen atoms in total. The lowest BCUT2D eigenvalue weighted by Crippen LogP contribution is -2.23. The highest BCUT2D eigenvalue weighted by Crippen LogP contribution is 2.13. The van der Waals surface area contributed by atoms with Crippen LogP contribution in [0, 0.1) is 0 Å². The molecule has 0 saturated carbocycles. The van der Waals surface area contributed by atoms with Crippen LogP contribution >= 0.6 is 0 Å². The first-order valence-corrected chi connectivity index (χ1v) is 5.37. The molecule has 3 heteroatoms. The maximum absolute atomic E-state index is 8.85. The summed E-state index contributed by atoms with van der Waals surface area (Å²) in [5.41, 5.74) is 0. The van der Waals surface area contributed by atoms with Crippen molar-refractivity contribution in [3.8, 4) is 0 Å². The van der Waals surface area contributed by atoms with Crippen LogP contribution in [0.4, 0.5) is 0 Å². The number of aliphatic hydroxyl groups excluding tert-OH is 2. The van der Waals surface area contributed by atoms with Crippen molar-refractivity contribution in [1.82, 2.24) is 0 Å². The molecule has 2 unspecified atom stereocenters. The lowest BCUT2D eigenvalue weighted by Gasteiger charge is -2.22. The summed E-state index contributed by atoms with van der Waals surface area (Å²) in [6, 6.07) is 0. The maximum atomic E-state index is 8.85. The number of ether oxygens (including phenoxy) is 1. The van der Waals surface area contributed by atoms with Crippen LogP contribution in [0.5, 0.6) is 0 Å². The van der Waals surface area contributed by atoms with Gasteiger partial charge in [-0.05, 0) is 25.7 Å². The molecule has 0 aromatic carbocycles. The Kier molecular flexibility index (Phi) is 9.48. The van der Waals surface area contributed by atoms with Gasteiger partial charge in [-0.3, -0.25) is 0 Å². The fourth-order valence-electron chi connectivity index (χ4n) is 1.41. The molecule has 0 aromatic rings. The van der Waals surface area contributed by atoms with Gasteiger partial charge in [0.15, 0.2) is 0 Å². The van der Waals surface area contributed by atoms with Gasteiger partial charge >= 0.3 is 0 Å². The zero-order valence-electron chi connectivity index (χ0n) is 9.27. The third kappa shape index (κ3) is 7.31. The van der Waals surface area contributed by atoms with Crippen molar-refractivity contribution in [1.29, 1.82) is 0 Å². The summed E-state index contributed by atoms with van der Waals surface area (Å²) in [5.74, 6) is 0. The number of aliphatic hydroxyl groups is 2. The molecular formula is C12H22O3. The minimum Gasteiger partial charge on any atom is -0.396 e. The van der Waals surface area contributed by atoms with E-state index in [2.05, 4.69) is 13.2 Å². The van der Waals surface area contributed by atoms with E-state index in [9.17, 15) is 0 Å². The normalized spacial score (nSPS) is 14.5. The average molecular weight is 214 g/mol. The Bertz CT molecular complexity index is 150. The fraction of sp³-hybridized carbons (Fsp3) is 0.667. The second kappa shape index (κ2) is 9.90. The van der Waals surface area contributed by atoms with E-state index in [0.717, 1.165) is 12.8 Å². The second-order valence-corrected chi connectivity index (χ2v) is 3.45. The minimum atomic E-state index is -0.0102. The number of hydrogen-bond acceptors (Lipinski definition) is 3. The molecule has 15 heavy (non-hydrogen) atoms. The van der Waals surface area contributed by atoms with Gasteiger partial charge in [-0.1, -0.05) is 12.2 Å². The Morgan fingerprint density at radius 2 is 1.33 bits per heavy atom.